The van der Waals surface area contributed by atoms with Gasteiger partial charge in [0.1, 0.15) is 0 Å². The number of methoxy groups -OCH3 is 1. The Labute approximate surface area is 183 Å². The van der Waals surface area contributed by atoms with Crippen molar-refractivity contribution in [1.82, 2.24) is 15.5 Å². The molecule has 1 fully saturated rings. The number of thiophene rings is 1. The van der Waals surface area contributed by atoms with Crippen LogP contribution in [-0.4, -0.2) is 44.7 Å². The van der Waals surface area contributed by atoms with E-state index in [0.29, 0.717) is 12.0 Å². The molecule has 1 aliphatic heterocycles. The normalized spacial score (nSPS) is 21.3. The molecule has 1 saturated heterocycles. The molecule has 164 valence electrons. The first-order chi connectivity index (χ1) is 14.5. The molecular weight excluding hydrogens is 399 g/mol. The quantitative estimate of drug-likeness (QED) is 0.496. The van der Waals surface area contributed by atoms with Crippen molar-refractivity contribution in [1.29, 1.82) is 0 Å². The van der Waals surface area contributed by atoms with Crippen molar-refractivity contribution >= 4 is 17.3 Å². The fourth-order valence-electron chi connectivity index (χ4n) is 4.13. The third kappa shape index (κ3) is 5.52. The van der Waals surface area contributed by atoms with E-state index in [1.165, 1.54) is 30.9 Å². The third-order valence-electron chi connectivity index (χ3n) is 5.70. The van der Waals surface area contributed by atoms with Crippen LogP contribution in [0.5, 0.6) is 5.75 Å². The van der Waals surface area contributed by atoms with E-state index in [9.17, 15) is 4.39 Å². The Morgan fingerprint density at radius 1 is 1.40 bits per heavy atom. The van der Waals surface area contributed by atoms with Gasteiger partial charge in [-0.15, -0.1) is 11.3 Å². The van der Waals surface area contributed by atoms with Gasteiger partial charge in [-0.25, -0.2) is 4.39 Å². The molecule has 0 spiro atoms. The number of piperidine rings is 1. The van der Waals surface area contributed by atoms with Crippen molar-refractivity contribution in [2.24, 2.45) is 10.9 Å². The molecule has 1 aromatic heterocycles. The van der Waals surface area contributed by atoms with Crippen LogP contribution < -0.4 is 15.4 Å². The summed E-state index contributed by atoms with van der Waals surface area (Å²) in [4.78, 5) is 8.78. The van der Waals surface area contributed by atoms with Crippen LogP contribution in [0.3, 0.4) is 0 Å². The lowest BCUT2D eigenvalue weighted by Gasteiger charge is -2.38. The highest BCUT2D eigenvalue weighted by Crippen LogP contribution is 2.37. The minimum absolute atomic E-state index is 0.0784. The maximum Gasteiger partial charge on any atom is 0.191 e. The number of rotatable bonds is 7. The monoisotopic (exact) mass is 432 g/mol. The average molecular weight is 433 g/mol. The Bertz CT molecular complexity index is 827. The highest BCUT2D eigenvalue weighted by atomic mass is 32.1. The van der Waals surface area contributed by atoms with Crippen LogP contribution in [0, 0.1) is 11.7 Å². The summed E-state index contributed by atoms with van der Waals surface area (Å²) in [6.45, 7) is 6.72. The summed E-state index contributed by atoms with van der Waals surface area (Å²) in [6.07, 6.45) is 2.37. The molecule has 30 heavy (non-hydrogen) atoms. The second-order valence-corrected chi connectivity index (χ2v) is 8.80. The van der Waals surface area contributed by atoms with Gasteiger partial charge in [0.2, 0.25) is 0 Å². The molecular formula is C23H33FN4OS. The summed E-state index contributed by atoms with van der Waals surface area (Å²) in [5, 5.41) is 8.90. The SMILES string of the molecule is CCNC(=NCC1CCCN(C)C1c1cccs1)NC(C)c1ccc(OC)c(F)c1. The molecule has 0 aliphatic carbocycles. The topological polar surface area (TPSA) is 48.9 Å². The summed E-state index contributed by atoms with van der Waals surface area (Å²) >= 11 is 1.83. The fraction of sp³-hybridized carbons (Fsp3) is 0.522. The van der Waals surface area contributed by atoms with E-state index in [4.69, 9.17) is 9.73 Å². The molecule has 0 radical (unpaired) electrons. The van der Waals surface area contributed by atoms with Crippen LogP contribution in [0.25, 0.3) is 0 Å². The minimum atomic E-state index is -0.352. The first kappa shape index (κ1) is 22.6. The smallest absolute Gasteiger partial charge is 0.191 e. The number of guanidine groups is 1. The van der Waals surface area contributed by atoms with Crippen molar-refractivity contribution in [3.05, 3.63) is 52.0 Å². The molecule has 0 saturated carbocycles. The molecule has 0 amide bonds. The second kappa shape index (κ2) is 10.8. The van der Waals surface area contributed by atoms with Gasteiger partial charge in [-0.2, -0.15) is 0 Å². The Morgan fingerprint density at radius 2 is 2.23 bits per heavy atom. The fourth-order valence-corrected chi connectivity index (χ4v) is 5.11. The lowest BCUT2D eigenvalue weighted by Crippen LogP contribution is -2.40. The van der Waals surface area contributed by atoms with Crippen LogP contribution in [-0.2, 0) is 0 Å². The van der Waals surface area contributed by atoms with Crippen LogP contribution in [0.1, 0.15) is 49.2 Å². The molecule has 1 aromatic carbocycles. The summed E-state index contributed by atoms with van der Waals surface area (Å²) < 4.78 is 19.1. The average Bonchev–Trinajstić information content (AvgIpc) is 3.26. The van der Waals surface area contributed by atoms with Gasteiger partial charge in [0.15, 0.2) is 17.5 Å². The number of benzene rings is 1. The van der Waals surface area contributed by atoms with Gasteiger partial charge < -0.3 is 15.4 Å². The molecule has 3 rings (SSSR count). The van der Waals surface area contributed by atoms with E-state index >= 15 is 0 Å². The largest absolute Gasteiger partial charge is 0.494 e. The molecule has 7 heteroatoms. The van der Waals surface area contributed by atoms with Gasteiger partial charge in [0, 0.05) is 24.0 Å². The van der Waals surface area contributed by atoms with Gasteiger partial charge in [-0.05, 0) is 75.3 Å². The number of hydrogen-bond acceptors (Lipinski definition) is 4. The van der Waals surface area contributed by atoms with Crippen molar-refractivity contribution in [2.45, 2.75) is 38.8 Å². The van der Waals surface area contributed by atoms with E-state index in [2.05, 4.69) is 47.0 Å². The lowest BCUT2D eigenvalue weighted by molar-refractivity contribution is 0.128. The number of hydrogen-bond donors (Lipinski definition) is 2. The van der Waals surface area contributed by atoms with Crippen molar-refractivity contribution in [3.8, 4) is 5.75 Å². The molecule has 3 unspecified atom stereocenters. The van der Waals surface area contributed by atoms with Gasteiger partial charge in [0.05, 0.1) is 13.2 Å². The molecule has 1 aliphatic rings. The minimum Gasteiger partial charge on any atom is -0.494 e. The number of nitrogens with one attached hydrogen (secondary N) is 2. The predicted octanol–water partition coefficient (Wildman–Crippen LogP) is 4.60. The van der Waals surface area contributed by atoms with Gasteiger partial charge in [0.25, 0.3) is 0 Å². The molecule has 0 bridgehead atoms. The van der Waals surface area contributed by atoms with Gasteiger partial charge in [-0.3, -0.25) is 9.89 Å². The molecule has 2 aromatic rings. The summed E-state index contributed by atoms with van der Waals surface area (Å²) in [5.74, 6) is 1.15. The molecule has 2 N–H and O–H groups in total. The van der Waals surface area contributed by atoms with Crippen molar-refractivity contribution < 1.29 is 9.13 Å². The van der Waals surface area contributed by atoms with Crippen molar-refractivity contribution in [2.75, 3.05) is 33.8 Å². The maximum atomic E-state index is 14.1. The number of likely N-dealkylation sites (tertiary alicyclic amines) is 1. The van der Waals surface area contributed by atoms with E-state index in [-0.39, 0.29) is 17.6 Å². The van der Waals surface area contributed by atoms with Gasteiger partial charge >= 0.3 is 0 Å². The van der Waals surface area contributed by atoms with E-state index in [0.717, 1.165) is 31.2 Å². The Hall–Kier alpha value is -2.12. The summed E-state index contributed by atoms with van der Waals surface area (Å²) in [7, 11) is 3.69. The number of aliphatic imine (C=N–C) groups is 1. The Kier molecular flexibility index (Phi) is 8.10. The molecule has 2 heterocycles. The van der Waals surface area contributed by atoms with Crippen molar-refractivity contribution in [3.63, 3.8) is 0 Å². The number of halogens is 1. The number of ether oxygens (including phenoxy) is 1. The highest BCUT2D eigenvalue weighted by Gasteiger charge is 2.31. The van der Waals surface area contributed by atoms with E-state index in [1.807, 2.05) is 24.3 Å². The zero-order chi connectivity index (χ0) is 21.5. The first-order valence-electron chi connectivity index (χ1n) is 10.6. The first-order valence-corrected chi connectivity index (χ1v) is 11.5. The Balaban J connectivity index is 1.71. The summed E-state index contributed by atoms with van der Waals surface area (Å²) in [6, 6.07) is 9.76. The van der Waals surface area contributed by atoms with E-state index in [1.54, 1.807) is 6.07 Å². The summed E-state index contributed by atoms with van der Waals surface area (Å²) in [5.41, 5.74) is 0.854. The Morgan fingerprint density at radius 3 is 2.90 bits per heavy atom. The van der Waals surface area contributed by atoms with Gasteiger partial charge in [-0.1, -0.05) is 12.1 Å². The zero-order valence-electron chi connectivity index (χ0n) is 18.3. The molecule has 5 nitrogen and oxygen atoms in total. The maximum absolute atomic E-state index is 14.1. The van der Waals surface area contributed by atoms with E-state index < -0.39 is 0 Å². The van der Waals surface area contributed by atoms with Crippen LogP contribution in [0.4, 0.5) is 4.39 Å². The van der Waals surface area contributed by atoms with Crippen LogP contribution in [0.2, 0.25) is 0 Å². The van der Waals surface area contributed by atoms with Crippen LogP contribution in [0.15, 0.2) is 40.7 Å². The lowest BCUT2D eigenvalue weighted by atomic mass is 9.88. The predicted molar refractivity (Wildman–Crippen MR) is 123 cm³/mol. The number of nitrogens with zero attached hydrogens (tertiary/aromatic N) is 2. The zero-order valence-corrected chi connectivity index (χ0v) is 19.1. The highest BCUT2D eigenvalue weighted by molar-refractivity contribution is 7.10. The van der Waals surface area contributed by atoms with Crippen LogP contribution >= 0.6 is 11.3 Å². The third-order valence-corrected chi connectivity index (χ3v) is 6.64. The standard InChI is InChI=1S/C23H33FN4OS/c1-5-25-23(27-16(2)17-10-11-20(29-4)19(24)14-17)26-15-18-8-6-12-28(3)22(18)21-9-7-13-30-21/h7,9-11,13-14,16,18,22H,5-6,8,12,15H2,1-4H3,(H2,25,26,27). The molecule has 3 atom stereocenters. The second-order valence-electron chi connectivity index (χ2n) is 7.82.